The molecule has 0 saturated heterocycles. The first-order valence-corrected chi connectivity index (χ1v) is 8.49. The second kappa shape index (κ2) is 7.02. The van der Waals surface area contributed by atoms with Crippen LogP contribution in [-0.2, 0) is 12.8 Å². The number of phenolic OH excluding ortho intramolecular Hbond substituents is 1. The number of phenols is 1. The fraction of sp³-hybridized carbons (Fsp3) is 0.278. The molecule has 0 radical (unpaired) electrons. The van der Waals surface area contributed by atoms with Gasteiger partial charge < -0.3 is 19.8 Å². The average molecular weight is 382 g/mol. The molecule has 0 spiro atoms. The second-order valence-electron chi connectivity index (χ2n) is 5.92. The molecule has 1 aliphatic heterocycles. The number of fused-ring (bicyclic) bond motifs is 1. The van der Waals surface area contributed by atoms with Gasteiger partial charge in [-0.3, -0.25) is 0 Å². The van der Waals surface area contributed by atoms with Crippen LogP contribution in [0, 0.1) is 0 Å². The average Bonchev–Trinajstić information content (AvgIpc) is 2.57. The Morgan fingerprint density at radius 2 is 2.04 bits per heavy atom. The van der Waals surface area contributed by atoms with Gasteiger partial charge in [0.25, 0.3) is 0 Å². The van der Waals surface area contributed by atoms with Crippen molar-refractivity contribution in [1.82, 2.24) is 4.90 Å². The normalized spacial score (nSPS) is 16.4. The van der Waals surface area contributed by atoms with Crippen molar-refractivity contribution < 1.29 is 19.7 Å². The minimum Gasteiger partial charge on any atom is -0.504 e. The van der Waals surface area contributed by atoms with E-state index in [9.17, 15) is 15.0 Å². The van der Waals surface area contributed by atoms with Gasteiger partial charge in [-0.1, -0.05) is 29.3 Å². The Morgan fingerprint density at radius 3 is 2.68 bits per heavy atom. The van der Waals surface area contributed by atoms with Crippen LogP contribution in [0.3, 0.4) is 0 Å². The van der Waals surface area contributed by atoms with Gasteiger partial charge in [-0.25, -0.2) is 4.79 Å². The number of hydrogen-bond acceptors (Lipinski definition) is 3. The summed E-state index contributed by atoms with van der Waals surface area (Å²) in [5, 5.41) is 20.6. The quantitative estimate of drug-likeness (QED) is 0.819. The van der Waals surface area contributed by atoms with E-state index in [-0.39, 0.29) is 5.75 Å². The number of rotatable bonds is 3. The summed E-state index contributed by atoms with van der Waals surface area (Å²) in [4.78, 5) is 13.1. The molecule has 0 saturated carbocycles. The van der Waals surface area contributed by atoms with E-state index in [1.807, 2.05) is 6.07 Å². The molecule has 2 aromatic rings. The molecule has 132 valence electrons. The van der Waals surface area contributed by atoms with Crippen LogP contribution >= 0.6 is 23.2 Å². The Morgan fingerprint density at radius 1 is 1.28 bits per heavy atom. The zero-order chi connectivity index (χ0) is 18.1. The molecule has 3 rings (SSSR count). The molecule has 1 aliphatic rings. The first kappa shape index (κ1) is 17.7. The smallest absolute Gasteiger partial charge is 0.407 e. The van der Waals surface area contributed by atoms with Crippen molar-refractivity contribution in [3.63, 3.8) is 0 Å². The summed E-state index contributed by atoms with van der Waals surface area (Å²) >= 11 is 12.0. The van der Waals surface area contributed by atoms with Crippen molar-refractivity contribution in [3.05, 3.63) is 57.1 Å². The molecule has 2 aromatic carbocycles. The van der Waals surface area contributed by atoms with Gasteiger partial charge in [0, 0.05) is 6.54 Å². The van der Waals surface area contributed by atoms with Crippen LogP contribution in [0.2, 0.25) is 10.0 Å². The summed E-state index contributed by atoms with van der Waals surface area (Å²) in [6.07, 6.45) is 0.00369. The highest BCUT2D eigenvalue weighted by atomic mass is 35.5. The van der Waals surface area contributed by atoms with E-state index < -0.39 is 12.1 Å². The lowest BCUT2D eigenvalue weighted by Crippen LogP contribution is -2.40. The molecule has 0 fully saturated rings. The molecule has 1 amide bonds. The Bertz CT molecular complexity index is 825. The van der Waals surface area contributed by atoms with Crippen molar-refractivity contribution in [3.8, 4) is 11.5 Å². The molecule has 7 heteroatoms. The third kappa shape index (κ3) is 3.48. The summed E-state index contributed by atoms with van der Waals surface area (Å²) in [7, 11) is 1.49. The largest absolute Gasteiger partial charge is 0.504 e. The predicted molar refractivity (Wildman–Crippen MR) is 96.0 cm³/mol. The van der Waals surface area contributed by atoms with Gasteiger partial charge >= 0.3 is 6.09 Å². The summed E-state index contributed by atoms with van der Waals surface area (Å²) < 4.78 is 5.16. The van der Waals surface area contributed by atoms with Crippen LogP contribution in [0.1, 0.15) is 22.7 Å². The first-order chi connectivity index (χ1) is 11.9. The number of hydrogen-bond donors (Lipinski definition) is 2. The molecule has 1 atom stereocenters. The van der Waals surface area contributed by atoms with E-state index in [4.69, 9.17) is 27.9 Å². The standard InChI is InChI=1S/C18H17Cl2NO4/c1-25-17-8-11-4-5-21(18(23)24)15(12(11)9-16(17)22)7-10-2-3-13(19)14(20)6-10/h2-3,6,8-9,15,22H,4-5,7H2,1H3,(H,23,24). The lowest BCUT2D eigenvalue weighted by molar-refractivity contribution is 0.119. The van der Waals surface area contributed by atoms with Gasteiger partial charge in [0.15, 0.2) is 11.5 Å². The maximum Gasteiger partial charge on any atom is 0.407 e. The van der Waals surface area contributed by atoms with Crippen molar-refractivity contribution >= 4 is 29.3 Å². The Balaban J connectivity index is 2.03. The van der Waals surface area contributed by atoms with Gasteiger partial charge in [0.05, 0.1) is 23.2 Å². The molecule has 0 aliphatic carbocycles. The first-order valence-electron chi connectivity index (χ1n) is 7.74. The monoisotopic (exact) mass is 381 g/mol. The molecule has 5 nitrogen and oxygen atoms in total. The maximum atomic E-state index is 11.7. The third-order valence-electron chi connectivity index (χ3n) is 4.46. The highest BCUT2D eigenvalue weighted by Crippen LogP contribution is 2.39. The van der Waals surface area contributed by atoms with E-state index >= 15 is 0 Å². The van der Waals surface area contributed by atoms with E-state index in [0.29, 0.717) is 35.2 Å². The molecule has 0 aromatic heterocycles. The third-order valence-corrected chi connectivity index (χ3v) is 5.20. The summed E-state index contributed by atoms with van der Waals surface area (Å²) in [6.45, 7) is 0.377. The molecule has 1 unspecified atom stereocenters. The van der Waals surface area contributed by atoms with Crippen molar-refractivity contribution in [1.29, 1.82) is 0 Å². The number of carboxylic acid groups (broad SMARTS) is 1. The zero-order valence-corrected chi connectivity index (χ0v) is 15.0. The van der Waals surface area contributed by atoms with Crippen LogP contribution < -0.4 is 4.74 Å². The van der Waals surface area contributed by atoms with Crippen molar-refractivity contribution in [2.24, 2.45) is 0 Å². The number of nitrogens with zero attached hydrogens (tertiary/aromatic N) is 1. The molecular formula is C18H17Cl2NO4. The molecule has 2 N–H and O–H groups in total. The summed E-state index contributed by atoms with van der Waals surface area (Å²) in [5.41, 5.74) is 2.61. The number of halogens is 2. The summed E-state index contributed by atoms with van der Waals surface area (Å²) in [6, 6.07) is 8.19. The fourth-order valence-electron chi connectivity index (χ4n) is 3.22. The number of benzene rings is 2. The number of ether oxygens (including phenoxy) is 1. The van der Waals surface area contributed by atoms with Crippen molar-refractivity contribution in [2.45, 2.75) is 18.9 Å². The van der Waals surface area contributed by atoms with E-state index in [1.165, 1.54) is 12.0 Å². The highest BCUT2D eigenvalue weighted by molar-refractivity contribution is 6.42. The van der Waals surface area contributed by atoms with Gasteiger partial charge in [-0.2, -0.15) is 0 Å². The molecule has 25 heavy (non-hydrogen) atoms. The van der Waals surface area contributed by atoms with Crippen LogP contribution in [-0.4, -0.2) is 34.9 Å². The van der Waals surface area contributed by atoms with E-state index in [1.54, 1.807) is 24.3 Å². The van der Waals surface area contributed by atoms with Crippen LogP contribution in [0.15, 0.2) is 30.3 Å². The number of amides is 1. The minimum atomic E-state index is -0.994. The SMILES string of the molecule is COc1cc2c(cc1O)C(Cc1ccc(Cl)c(Cl)c1)N(C(=O)O)CC2. The number of aromatic hydroxyl groups is 1. The second-order valence-corrected chi connectivity index (χ2v) is 6.73. The molecule has 0 bridgehead atoms. The zero-order valence-electron chi connectivity index (χ0n) is 13.5. The molecule has 1 heterocycles. The van der Waals surface area contributed by atoms with Crippen LogP contribution in [0.25, 0.3) is 0 Å². The van der Waals surface area contributed by atoms with Gasteiger partial charge in [-0.05, 0) is 53.8 Å². The van der Waals surface area contributed by atoms with Gasteiger partial charge in [-0.15, -0.1) is 0 Å². The van der Waals surface area contributed by atoms with Gasteiger partial charge in [0.1, 0.15) is 0 Å². The van der Waals surface area contributed by atoms with Crippen LogP contribution in [0.4, 0.5) is 4.79 Å². The maximum absolute atomic E-state index is 11.7. The Hall–Kier alpha value is -2.11. The summed E-state index contributed by atoms with van der Waals surface area (Å²) in [5.74, 6) is 0.378. The van der Waals surface area contributed by atoms with E-state index in [0.717, 1.165) is 16.7 Å². The predicted octanol–water partition coefficient (Wildman–Crippen LogP) is 4.53. The Kier molecular flexibility index (Phi) is 4.97. The highest BCUT2D eigenvalue weighted by Gasteiger charge is 2.32. The number of methoxy groups -OCH3 is 1. The molecular weight excluding hydrogens is 365 g/mol. The Labute approximate surface area is 155 Å². The van der Waals surface area contributed by atoms with Crippen molar-refractivity contribution in [2.75, 3.05) is 13.7 Å². The number of carbonyl (C=O) groups is 1. The van der Waals surface area contributed by atoms with Gasteiger partial charge in [0.2, 0.25) is 0 Å². The lowest BCUT2D eigenvalue weighted by atomic mass is 9.88. The van der Waals surface area contributed by atoms with E-state index in [2.05, 4.69) is 0 Å². The minimum absolute atomic E-state index is 0.00683. The van der Waals surface area contributed by atoms with Crippen LogP contribution in [0.5, 0.6) is 11.5 Å². The topological polar surface area (TPSA) is 70.0 Å². The lowest BCUT2D eigenvalue weighted by Gasteiger charge is -2.36. The fourth-order valence-corrected chi connectivity index (χ4v) is 3.54.